The van der Waals surface area contributed by atoms with Gasteiger partial charge in [-0.2, -0.15) is 0 Å². The Hall–Kier alpha value is -1.57. The van der Waals surface area contributed by atoms with Crippen LogP contribution in [0.15, 0.2) is 29.8 Å². The summed E-state index contributed by atoms with van der Waals surface area (Å²) >= 11 is 0. The first-order chi connectivity index (χ1) is 10.3. The van der Waals surface area contributed by atoms with Gasteiger partial charge in [0.15, 0.2) is 0 Å². The maximum atomic E-state index is 10.9. The fourth-order valence-corrected chi connectivity index (χ4v) is 3.47. The fourth-order valence-electron chi connectivity index (χ4n) is 3.47. The molecule has 0 spiro atoms. The molecule has 1 fully saturated rings. The van der Waals surface area contributed by atoms with Crippen molar-refractivity contribution >= 4 is 12.0 Å². The standard InChI is InChI=1S/C20H28O2/c1-14(19(21)22)13-15-5-7-16(8-6-15)17-9-11-18(12-10-17)20(2,3)4/h5-8,13,17-18H,9-12H2,1-4H3,(H,21,22). The normalized spacial score (nSPS) is 23.4. The third kappa shape index (κ3) is 4.22. The van der Waals surface area contributed by atoms with Gasteiger partial charge in [0.25, 0.3) is 0 Å². The van der Waals surface area contributed by atoms with Crippen LogP contribution < -0.4 is 0 Å². The minimum Gasteiger partial charge on any atom is -0.478 e. The molecule has 120 valence electrons. The van der Waals surface area contributed by atoms with Gasteiger partial charge < -0.3 is 5.11 Å². The molecule has 1 aliphatic rings. The molecule has 2 rings (SSSR count). The molecule has 0 amide bonds. The molecule has 22 heavy (non-hydrogen) atoms. The number of carboxylic acids is 1. The molecular formula is C20H28O2. The molecule has 0 heterocycles. The van der Waals surface area contributed by atoms with Crippen LogP contribution in [-0.4, -0.2) is 11.1 Å². The summed E-state index contributed by atoms with van der Waals surface area (Å²) in [6.07, 6.45) is 6.89. The number of hydrogen-bond acceptors (Lipinski definition) is 1. The Labute approximate surface area is 134 Å². The summed E-state index contributed by atoms with van der Waals surface area (Å²) in [5, 5.41) is 8.92. The molecule has 1 aliphatic carbocycles. The van der Waals surface area contributed by atoms with Crippen LogP contribution in [0.3, 0.4) is 0 Å². The Balaban J connectivity index is 2.01. The van der Waals surface area contributed by atoms with Gasteiger partial charge >= 0.3 is 5.97 Å². The van der Waals surface area contributed by atoms with Crippen molar-refractivity contribution in [3.63, 3.8) is 0 Å². The van der Waals surface area contributed by atoms with Crippen LogP contribution in [0.5, 0.6) is 0 Å². The van der Waals surface area contributed by atoms with Gasteiger partial charge in [0.2, 0.25) is 0 Å². The molecule has 0 aliphatic heterocycles. The topological polar surface area (TPSA) is 37.3 Å². The lowest BCUT2D eigenvalue weighted by Crippen LogP contribution is -2.25. The minimum absolute atomic E-state index is 0.374. The molecule has 2 heteroatoms. The molecule has 0 saturated heterocycles. The van der Waals surface area contributed by atoms with Crippen LogP contribution in [0.4, 0.5) is 0 Å². The van der Waals surface area contributed by atoms with Crippen molar-refractivity contribution in [3.05, 3.63) is 41.0 Å². The second kappa shape index (κ2) is 6.68. The SMILES string of the molecule is CC(=Cc1ccc(C2CCC(C(C)(C)C)CC2)cc1)C(=O)O. The molecule has 0 radical (unpaired) electrons. The van der Waals surface area contributed by atoms with Crippen molar-refractivity contribution in [1.82, 2.24) is 0 Å². The van der Waals surface area contributed by atoms with Gasteiger partial charge in [-0.05, 0) is 67.1 Å². The Bertz CT molecular complexity index is 538. The van der Waals surface area contributed by atoms with Gasteiger partial charge in [-0.3, -0.25) is 0 Å². The van der Waals surface area contributed by atoms with Crippen molar-refractivity contribution in [3.8, 4) is 0 Å². The lowest BCUT2D eigenvalue weighted by molar-refractivity contribution is -0.132. The third-order valence-corrected chi connectivity index (χ3v) is 5.08. The zero-order valence-electron chi connectivity index (χ0n) is 14.2. The van der Waals surface area contributed by atoms with Crippen molar-refractivity contribution in [1.29, 1.82) is 0 Å². The van der Waals surface area contributed by atoms with Crippen LogP contribution in [0.25, 0.3) is 6.08 Å². The number of benzene rings is 1. The molecule has 0 bridgehead atoms. The number of carbonyl (C=O) groups is 1. The summed E-state index contributed by atoms with van der Waals surface area (Å²) in [5.41, 5.74) is 3.16. The van der Waals surface area contributed by atoms with Crippen molar-refractivity contribution in [2.24, 2.45) is 11.3 Å². The molecular weight excluding hydrogens is 272 g/mol. The maximum Gasteiger partial charge on any atom is 0.331 e. The highest BCUT2D eigenvalue weighted by Crippen LogP contribution is 2.43. The van der Waals surface area contributed by atoms with Crippen LogP contribution in [0.1, 0.15) is 70.4 Å². The first kappa shape index (κ1) is 16.8. The summed E-state index contributed by atoms with van der Waals surface area (Å²) < 4.78 is 0. The van der Waals surface area contributed by atoms with Crippen LogP contribution >= 0.6 is 0 Å². The average Bonchev–Trinajstić information content (AvgIpc) is 2.47. The van der Waals surface area contributed by atoms with Gasteiger partial charge in [-0.1, -0.05) is 45.0 Å². The summed E-state index contributed by atoms with van der Waals surface area (Å²) in [6.45, 7) is 8.68. The minimum atomic E-state index is -0.857. The summed E-state index contributed by atoms with van der Waals surface area (Å²) in [6, 6.07) is 8.42. The molecule has 2 nitrogen and oxygen atoms in total. The van der Waals surface area contributed by atoms with E-state index < -0.39 is 5.97 Å². The maximum absolute atomic E-state index is 10.9. The monoisotopic (exact) mass is 300 g/mol. The Kier molecular flexibility index (Phi) is 5.10. The smallest absolute Gasteiger partial charge is 0.331 e. The third-order valence-electron chi connectivity index (χ3n) is 5.08. The Morgan fingerprint density at radius 3 is 2.09 bits per heavy atom. The highest BCUT2D eigenvalue weighted by molar-refractivity contribution is 5.91. The van der Waals surface area contributed by atoms with E-state index >= 15 is 0 Å². The van der Waals surface area contributed by atoms with Gasteiger partial charge in [0, 0.05) is 5.57 Å². The summed E-state index contributed by atoms with van der Waals surface area (Å²) in [7, 11) is 0. The van der Waals surface area contributed by atoms with E-state index in [1.807, 2.05) is 12.1 Å². The number of rotatable bonds is 3. The number of carboxylic acid groups (broad SMARTS) is 1. The molecule has 0 atom stereocenters. The molecule has 1 N–H and O–H groups in total. The van der Waals surface area contributed by atoms with Gasteiger partial charge in [0.05, 0.1) is 0 Å². The largest absolute Gasteiger partial charge is 0.478 e. The van der Waals surface area contributed by atoms with Crippen molar-refractivity contribution in [2.75, 3.05) is 0 Å². The van der Waals surface area contributed by atoms with E-state index in [1.165, 1.54) is 31.2 Å². The van der Waals surface area contributed by atoms with Gasteiger partial charge in [-0.25, -0.2) is 4.79 Å². The predicted octanol–water partition coefficient (Wildman–Crippen LogP) is 5.49. The number of aliphatic carboxylic acids is 1. The molecule has 1 aromatic carbocycles. The van der Waals surface area contributed by atoms with Gasteiger partial charge in [0.1, 0.15) is 0 Å². The fraction of sp³-hybridized carbons (Fsp3) is 0.550. The molecule has 1 aromatic rings. The lowest BCUT2D eigenvalue weighted by Gasteiger charge is -2.37. The average molecular weight is 300 g/mol. The number of hydrogen-bond donors (Lipinski definition) is 1. The van der Waals surface area contributed by atoms with Crippen LogP contribution in [0.2, 0.25) is 0 Å². The van der Waals surface area contributed by atoms with Crippen molar-refractivity contribution in [2.45, 2.75) is 59.3 Å². The molecule has 0 unspecified atom stereocenters. The first-order valence-electron chi connectivity index (χ1n) is 8.29. The summed E-state index contributed by atoms with van der Waals surface area (Å²) in [4.78, 5) is 10.9. The van der Waals surface area contributed by atoms with E-state index in [9.17, 15) is 4.79 Å². The highest BCUT2D eigenvalue weighted by Gasteiger charge is 2.30. The van der Waals surface area contributed by atoms with Crippen LogP contribution in [-0.2, 0) is 4.79 Å². The quantitative estimate of drug-likeness (QED) is 0.749. The van der Waals surface area contributed by atoms with E-state index in [4.69, 9.17) is 5.11 Å². The molecule has 1 saturated carbocycles. The Morgan fingerprint density at radius 1 is 1.09 bits per heavy atom. The Morgan fingerprint density at radius 2 is 1.64 bits per heavy atom. The first-order valence-corrected chi connectivity index (χ1v) is 8.29. The van der Waals surface area contributed by atoms with Crippen molar-refractivity contribution < 1.29 is 9.90 Å². The summed E-state index contributed by atoms with van der Waals surface area (Å²) in [5.74, 6) is 0.644. The van der Waals surface area contributed by atoms with E-state index in [1.54, 1.807) is 13.0 Å². The van der Waals surface area contributed by atoms with E-state index in [0.29, 0.717) is 16.9 Å². The molecule has 0 aromatic heterocycles. The second-order valence-corrected chi connectivity index (χ2v) is 7.71. The van der Waals surface area contributed by atoms with Gasteiger partial charge in [-0.15, -0.1) is 0 Å². The van der Waals surface area contributed by atoms with Crippen LogP contribution in [0, 0.1) is 11.3 Å². The van der Waals surface area contributed by atoms with E-state index in [2.05, 4.69) is 32.9 Å². The van der Waals surface area contributed by atoms with E-state index in [-0.39, 0.29) is 0 Å². The second-order valence-electron chi connectivity index (χ2n) is 7.71. The van der Waals surface area contributed by atoms with E-state index in [0.717, 1.165) is 11.5 Å². The predicted molar refractivity (Wildman–Crippen MR) is 91.9 cm³/mol. The lowest BCUT2D eigenvalue weighted by atomic mass is 9.68. The zero-order valence-corrected chi connectivity index (χ0v) is 14.2. The highest BCUT2D eigenvalue weighted by atomic mass is 16.4. The zero-order chi connectivity index (χ0) is 16.3.